The molecule has 6 heteroatoms. The van der Waals surface area contributed by atoms with Crippen LogP contribution in [-0.4, -0.2) is 49.8 Å². The third kappa shape index (κ3) is 3.80. The molecule has 3 rings (SSSR count). The van der Waals surface area contributed by atoms with E-state index in [2.05, 4.69) is 22.1 Å². The Kier molecular flexibility index (Phi) is 5.60. The Bertz CT molecular complexity index is 787. The van der Waals surface area contributed by atoms with E-state index in [1.807, 2.05) is 12.1 Å². The molecule has 2 N–H and O–H groups in total. The Morgan fingerprint density at radius 1 is 1.24 bits per heavy atom. The van der Waals surface area contributed by atoms with Crippen LogP contribution < -0.4 is 20.3 Å². The molecule has 136 valence electrons. The molecule has 0 saturated carbocycles. The van der Waals surface area contributed by atoms with Crippen molar-refractivity contribution >= 4 is 10.9 Å². The van der Waals surface area contributed by atoms with E-state index in [1.165, 1.54) is 19.4 Å². The summed E-state index contributed by atoms with van der Waals surface area (Å²) in [5.41, 5.74) is 1.42. The lowest BCUT2D eigenvalue weighted by molar-refractivity contribution is 0.260. The quantitative estimate of drug-likeness (QED) is 0.805. The standard InChI is InChI=1S/C19H27N3O3/c1-4-22-7-5-6-15(22)12-20-11-14-8-13-9-17(24-2)18(25-3)10-16(13)21-19(14)23/h8-10,15,20H,4-7,11-12H2,1-3H3,(H,21,23)/t15-/m1/s1. The number of hydrogen-bond donors (Lipinski definition) is 2. The Hall–Kier alpha value is -2.05. The van der Waals surface area contributed by atoms with Gasteiger partial charge in [0.15, 0.2) is 11.5 Å². The SMILES string of the molecule is CCN1CCC[C@@H]1CNCc1cc2cc(OC)c(OC)cc2[nH]c1=O. The zero-order chi connectivity index (χ0) is 17.8. The number of nitrogens with one attached hydrogen (secondary N) is 2. The Balaban J connectivity index is 1.75. The van der Waals surface area contributed by atoms with Gasteiger partial charge in [0.1, 0.15) is 0 Å². The normalized spacial score (nSPS) is 18.0. The van der Waals surface area contributed by atoms with Gasteiger partial charge in [-0.2, -0.15) is 0 Å². The number of aromatic nitrogens is 1. The minimum absolute atomic E-state index is 0.0639. The highest BCUT2D eigenvalue weighted by Crippen LogP contribution is 2.31. The van der Waals surface area contributed by atoms with Crippen molar-refractivity contribution in [3.8, 4) is 11.5 Å². The van der Waals surface area contributed by atoms with Gasteiger partial charge in [-0.1, -0.05) is 6.92 Å². The fraction of sp³-hybridized carbons (Fsp3) is 0.526. The number of nitrogens with zero attached hydrogens (tertiary/aromatic N) is 1. The third-order valence-electron chi connectivity index (χ3n) is 5.03. The summed E-state index contributed by atoms with van der Waals surface area (Å²) in [6.07, 6.45) is 2.49. The van der Waals surface area contributed by atoms with E-state index in [0.29, 0.717) is 24.1 Å². The van der Waals surface area contributed by atoms with Crippen molar-refractivity contribution in [3.05, 3.63) is 34.1 Å². The van der Waals surface area contributed by atoms with E-state index in [1.54, 1.807) is 20.3 Å². The second-order valence-electron chi connectivity index (χ2n) is 6.47. The number of likely N-dealkylation sites (N-methyl/N-ethyl adjacent to an activating group) is 1. The van der Waals surface area contributed by atoms with Crippen LogP contribution in [0.2, 0.25) is 0 Å². The lowest BCUT2D eigenvalue weighted by atomic mass is 10.1. The largest absolute Gasteiger partial charge is 0.493 e. The number of H-pyrrole nitrogens is 1. The van der Waals surface area contributed by atoms with Crippen LogP contribution in [0, 0.1) is 0 Å². The molecule has 1 aliphatic rings. The summed E-state index contributed by atoms with van der Waals surface area (Å²) >= 11 is 0. The monoisotopic (exact) mass is 345 g/mol. The van der Waals surface area contributed by atoms with Gasteiger partial charge in [0.05, 0.1) is 19.7 Å². The highest BCUT2D eigenvalue weighted by molar-refractivity contribution is 5.83. The number of ether oxygens (including phenoxy) is 2. The Morgan fingerprint density at radius 3 is 2.72 bits per heavy atom. The molecule has 1 saturated heterocycles. The fourth-order valence-electron chi connectivity index (χ4n) is 3.63. The molecular weight excluding hydrogens is 318 g/mol. The lowest BCUT2D eigenvalue weighted by Crippen LogP contribution is -2.38. The van der Waals surface area contributed by atoms with Gasteiger partial charge in [0.2, 0.25) is 0 Å². The fourth-order valence-corrected chi connectivity index (χ4v) is 3.63. The molecule has 0 aliphatic carbocycles. The van der Waals surface area contributed by atoms with E-state index < -0.39 is 0 Å². The third-order valence-corrected chi connectivity index (χ3v) is 5.03. The van der Waals surface area contributed by atoms with E-state index in [-0.39, 0.29) is 5.56 Å². The van der Waals surface area contributed by atoms with E-state index in [4.69, 9.17) is 9.47 Å². The van der Waals surface area contributed by atoms with Crippen molar-refractivity contribution in [2.24, 2.45) is 0 Å². The first kappa shape index (κ1) is 17.8. The van der Waals surface area contributed by atoms with Crippen LogP contribution in [0.1, 0.15) is 25.3 Å². The van der Waals surface area contributed by atoms with Crippen molar-refractivity contribution in [2.45, 2.75) is 32.4 Å². The maximum Gasteiger partial charge on any atom is 0.252 e. The topological polar surface area (TPSA) is 66.6 Å². The van der Waals surface area contributed by atoms with Crippen LogP contribution in [0.4, 0.5) is 0 Å². The van der Waals surface area contributed by atoms with Gasteiger partial charge in [-0.3, -0.25) is 9.69 Å². The lowest BCUT2D eigenvalue weighted by Gasteiger charge is -2.22. The van der Waals surface area contributed by atoms with Gasteiger partial charge in [-0.05, 0) is 38.1 Å². The molecular formula is C19H27N3O3. The first-order valence-corrected chi connectivity index (χ1v) is 8.89. The summed E-state index contributed by atoms with van der Waals surface area (Å²) < 4.78 is 10.6. The molecule has 2 heterocycles. The van der Waals surface area contributed by atoms with Crippen molar-refractivity contribution in [3.63, 3.8) is 0 Å². The van der Waals surface area contributed by atoms with Gasteiger partial charge >= 0.3 is 0 Å². The molecule has 0 bridgehead atoms. The van der Waals surface area contributed by atoms with E-state index >= 15 is 0 Å². The molecule has 25 heavy (non-hydrogen) atoms. The second-order valence-corrected chi connectivity index (χ2v) is 6.47. The van der Waals surface area contributed by atoms with E-state index in [0.717, 1.165) is 29.6 Å². The maximum atomic E-state index is 12.4. The van der Waals surface area contributed by atoms with Gasteiger partial charge in [-0.15, -0.1) is 0 Å². The van der Waals surface area contributed by atoms with Crippen LogP contribution in [0.15, 0.2) is 23.0 Å². The van der Waals surface area contributed by atoms with Gasteiger partial charge in [0.25, 0.3) is 5.56 Å². The number of pyridine rings is 1. The minimum Gasteiger partial charge on any atom is -0.493 e. The molecule has 1 atom stereocenters. The molecule has 6 nitrogen and oxygen atoms in total. The molecule has 0 spiro atoms. The second kappa shape index (κ2) is 7.89. The number of hydrogen-bond acceptors (Lipinski definition) is 5. The number of methoxy groups -OCH3 is 2. The first-order valence-electron chi connectivity index (χ1n) is 8.89. The average molecular weight is 345 g/mol. The van der Waals surface area contributed by atoms with Gasteiger partial charge in [0, 0.05) is 36.1 Å². The molecule has 0 radical (unpaired) electrons. The van der Waals surface area contributed by atoms with Crippen molar-refractivity contribution in [1.82, 2.24) is 15.2 Å². The van der Waals surface area contributed by atoms with Crippen LogP contribution in [0.25, 0.3) is 10.9 Å². The number of likely N-dealkylation sites (tertiary alicyclic amines) is 1. The van der Waals surface area contributed by atoms with Crippen LogP contribution in [-0.2, 0) is 6.54 Å². The maximum absolute atomic E-state index is 12.4. The molecule has 2 aromatic rings. The molecule has 1 aromatic carbocycles. The predicted octanol–water partition coefficient (Wildman–Crippen LogP) is 2.12. The van der Waals surface area contributed by atoms with Gasteiger partial charge < -0.3 is 19.8 Å². The average Bonchev–Trinajstić information content (AvgIpc) is 3.08. The first-order chi connectivity index (χ1) is 12.2. The molecule has 0 unspecified atom stereocenters. The summed E-state index contributed by atoms with van der Waals surface area (Å²) in [6, 6.07) is 6.19. The number of benzene rings is 1. The zero-order valence-electron chi connectivity index (χ0n) is 15.2. The molecule has 1 aliphatic heterocycles. The predicted molar refractivity (Wildman–Crippen MR) is 99.6 cm³/mol. The number of rotatable bonds is 7. The van der Waals surface area contributed by atoms with Crippen LogP contribution in [0.3, 0.4) is 0 Å². The summed E-state index contributed by atoms with van der Waals surface area (Å²) in [7, 11) is 3.20. The van der Waals surface area contributed by atoms with Crippen LogP contribution >= 0.6 is 0 Å². The highest BCUT2D eigenvalue weighted by atomic mass is 16.5. The number of aromatic amines is 1. The summed E-state index contributed by atoms with van der Waals surface area (Å²) in [5, 5.41) is 4.38. The van der Waals surface area contributed by atoms with Gasteiger partial charge in [-0.25, -0.2) is 0 Å². The highest BCUT2D eigenvalue weighted by Gasteiger charge is 2.22. The summed E-state index contributed by atoms with van der Waals surface area (Å²) in [6.45, 7) is 5.95. The molecule has 1 fully saturated rings. The van der Waals surface area contributed by atoms with Crippen LogP contribution in [0.5, 0.6) is 11.5 Å². The Morgan fingerprint density at radius 2 is 2.00 bits per heavy atom. The smallest absolute Gasteiger partial charge is 0.252 e. The zero-order valence-corrected chi connectivity index (χ0v) is 15.2. The van der Waals surface area contributed by atoms with Crippen molar-refractivity contribution < 1.29 is 9.47 Å². The Labute approximate surface area is 148 Å². The van der Waals surface area contributed by atoms with Crippen molar-refractivity contribution in [2.75, 3.05) is 33.9 Å². The number of fused-ring (bicyclic) bond motifs is 1. The molecule has 0 amide bonds. The minimum atomic E-state index is -0.0639. The van der Waals surface area contributed by atoms with E-state index in [9.17, 15) is 4.79 Å². The summed E-state index contributed by atoms with van der Waals surface area (Å²) in [5.74, 6) is 1.27. The molecule has 1 aromatic heterocycles. The van der Waals surface area contributed by atoms with Crippen molar-refractivity contribution in [1.29, 1.82) is 0 Å². The summed E-state index contributed by atoms with van der Waals surface area (Å²) in [4.78, 5) is 17.8.